The minimum absolute atomic E-state index is 0.179. The maximum Gasteiger partial charge on any atom is 0.140 e. The largest absolute Gasteiger partial charge is 0.384 e. The predicted molar refractivity (Wildman–Crippen MR) is 64.2 cm³/mol. The van der Waals surface area contributed by atoms with Gasteiger partial charge in [-0.1, -0.05) is 6.92 Å². The Morgan fingerprint density at radius 1 is 1.50 bits per heavy atom. The normalized spacial score (nSPS) is 12.9. The van der Waals surface area contributed by atoms with Crippen molar-refractivity contribution >= 4 is 28.4 Å². The Bertz CT molecular complexity index is 307. The van der Waals surface area contributed by atoms with E-state index in [9.17, 15) is 0 Å². The molecule has 0 aliphatic heterocycles. The molecule has 0 aromatic carbocycles. The minimum atomic E-state index is 0.179. The molecule has 1 aromatic rings. The first-order valence-electron chi connectivity index (χ1n) is 4.34. The number of nitrogens with zero attached hydrogens (tertiary/aromatic N) is 2. The van der Waals surface area contributed by atoms with Crippen molar-refractivity contribution in [3.05, 3.63) is 15.1 Å². The maximum absolute atomic E-state index is 5.76. The summed E-state index contributed by atoms with van der Waals surface area (Å²) in [5.74, 6) is 1.48. The Hall–Kier alpha value is -0.430. The van der Waals surface area contributed by atoms with Gasteiger partial charge >= 0.3 is 0 Å². The van der Waals surface area contributed by atoms with Gasteiger partial charge in [0.1, 0.15) is 11.6 Å². The number of nitrogen functional groups attached to an aromatic ring is 1. The van der Waals surface area contributed by atoms with Crippen LogP contribution in [0.3, 0.4) is 0 Å². The van der Waals surface area contributed by atoms with E-state index in [2.05, 4.69) is 32.6 Å². The molecule has 0 aliphatic rings. The molecule has 4 nitrogen and oxygen atoms in total. The number of hydrogen-bond acceptors (Lipinski definition) is 4. The van der Waals surface area contributed by atoms with Crippen LogP contribution in [0.4, 0.5) is 5.82 Å². The second kappa shape index (κ2) is 4.88. The fourth-order valence-electron chi connectivity index (χ4n) is 1.15. The van der Waals surface area contributed by atoms with Crippen LogP contribution in [0, 0.1) is 10.5 Å². The maximum atomic E-state index is 5.76. The van der Waals surface area contributed by atoms with E-state index in [1.165, 1.54) is 0 Å². The molecule has 0 spiro atoms. The van der Waals surface area contributed by atoms with Gasteiger partial charge in [-0.05, 0) is 29.5 Å². The monoisotopic (exact) mass is 307 g/mol. The SMILES string of the molecule is COCC(C)c1nc(C)c(I)c(N)n1. The van der Waals surface area contributed by atoms with Gasteiger partial charge in [0.05, 0.1) is 15.9 Å². The Morgan fingerprint density at radius 2 is 2.14 bits per heavy atom. The number of aromatic nitrogens is 2. The number of anilines is 1. The zero-order valence-electron chi connectivity index (χ0n) is 8.54. The molecule has 0 bridgehead atoms. The van der Waals surface area contributed by atoms with Gasteiger partial charge < -0.3 is 10.5 Å². The van der Waals surface area contributed by atoms with E-state index in [0.29, 0.717) is 12.4 Å². The Morgan fingerprint density at radius 3 is 2.64 bits per heavy atom. The van der Waals surface area contributed by atoms with Crippen LogP contribution >= 0.6 is 22.6 Å². The molecule has 0 radical (unpaired) electrons. The number of hydrogen-bond donors (Lipinski definition) is 1. The Balaban J connectivity index is 3.00. The molecule has 0 saturated heterocycles. The summed E-state index contributed by atoms with van der Waals surface area (Å²) >= 11 is 2.15. The number of halogens is 1. The first-order chi connectivity index (χ1) is 6.56. The average Bonchev–Trinajstić information content (AvgIpc) is 2.13. The molecule has 14 heavy (non-hydrogen) atoms. The van der Waals surface area contributed by atoms with E-state index in [1.54, 1.807) is 7.11 Å². The number of aryl methyl sites for hydroxylation is 1. The smallest absolute Gasteiger partial charge is 0.140 e. The van der Waals surface area contributed by atoms with Crippen molar-refractivity contribution < 1.29 is 4.74 Å². The van der Waals surface area contributed by atoms with Gasteiger partial charge in [-0.2, -0.15) is 0 Å². The zero-order chi connectivity index (χ0) is 10.7. The fourth-order valence-corrected chi connectivity index (χ4v) is 1.39. The van der Waals surface area contributed by atoms with Crippen LogP contribution in [-0.4, -0.2) is 23.7 Å². The second-order valence-electron chi connectivity index (χ2n) is 3.22. The third kappa shape index (κ3) is 2.54. The van der Waals surface area contributed by atoms with E-state index >= 15 is 0 Å². The lowest BCUT2D eigenvalue weighted by Gasteiger charge is -2.11. The highest BCUT2D eigenvalue weighted by atomic mass is 127. The second-order valence-corrected chi connectivity index (χ2v) is 4.30. The quantitative estimate of drug-likeness (QED) is 0.864. The summed E-state index contributed by atoms with van der Waals surface area (Å²) in [5, 5.41) is 0. The summed E-state index contributed by atoms with van der Waals surface area (Å²) in [6.45, 7) is 4.56. The van der Waals surface area contributed by atoms with Crippen molar-refractivity contribution in [1.82, 2.24) is 9.97 Å². The summed E-state index contributed by atoms with van der Waals surface area (Å²) in [4.78, 5) is 8.60. The summed E-state index contributed by atoms with van der Waals surface area (Å²) < 4.78 is 5.97. The number of rotatable bonds is 3. The molecule has 1 heterocycles. The van der Waals surface area contributed by atoms with Gasteiger partial charge in [-0.25, -0.2) is 9.97 Å². The molecule has 1 unspecified atom stereocenters. The zero-order valence-corrected chi connectivity index (χ0v) is 10.7. The van der Waals surface area contributed by atoms with Crippen LogP contribution in [0.2, 0.25) is 0 Å². The van der Waals surface area contributed by atoms with E-state index < -0.39 is 0 Å². The molecule has 1 atom stereocenters. The molecule has 0 aliphatic carbocycles. The van der Waals surface area contributed by atoms with Gasteiger partial charge in [0.25, 0.3) is 0 Å². The summed E-state index contributed by atoms with van der Waals surface area (Å²) in [5.41, 5.74) is 6.68. The average molecular weight is 307 g/mol. The third-order valence-corrected chi connectivity index (χ3v) is 3.25. The van der Waals surface area contributed by atoms with Crippen molar-refractivity contribution in [3.63, 3.8) is 0 Å². The first-order valence-corrected chi connectivity index (χ1v) is 5.42. The van der Waals surface area contributed by atoms with Crippen LogP contribution in [0.15, 0.2) is 0 Å². The van der Waals surface area contributed by atoms with Gasteiger partial charge in [-0.15, -0.1) is 0 Å². The lowest BCUT2D eigenvalue weighted by atomic mass is 10.2. The van der Waals surface area contributed by atoms with Gasteiger partial charge in [-0.3, -0.25) is 0 Å². The molecular formula is C9H14IN3O. The topological polar surface area (TPSA) is 61.0 Å². The predicted octanol–water partition coefficient (Wildman–Crippen LogP) is 1.72. The van der Waals surface area contributed by atoms with Crippen LogP contribution in [0.5, 0.6) is 0 Å². The third-order valence-electron chi connectivity index (χ3n) is 1.92. The molecule has 1 aromatic heterocycles. The molecule has 78 valence electrons. The number of ether oxygens (including phenoxy) is 1. The van der Waals surface area contributed by atoms with Crippen LogP contribution < -0.4 is 5.73 Å². The van der Waals surface area contributed by atoms with Crippen LogP contribution in [0.1, 0.15) is 24.4 Å². The number of methoxy groups -OCH3 is 1. The van der Waals surface area contributed by atoms with Crippen molar-refractivity contribution in [2.24, 2.45) is 0 Å². The molecular weight excluding hydrogens is 293 g/mol. The fraction of sp³-hybridized carbons (Fsp3) is 0.556. The van der Waals surface area contributed by atoms with Gasteiger partial charge in [0.2, 0.25) is 0 Å². The van der Waals surface area contributed by atoms with E-state index in [1.807, 2.05) is 13.8 Å². The molecule has 2 N–H and O–H groups in total. The van der Waals surface area contributed by atoms with E-state index in [0.717, 1.165) is 15.1 Å². The van der Waals surface area contributed by atoms with Crippen molar-refractivity contribution in [2.45, 2.75) is 19.8 Å². The Kier molecular flexibility index (Phi) is 4.06. The summed E-state index contributed by atoms with van der Waals surface area (Å²) in [6.07, 6.45) is 0. The standard InChI is InChI=1S/C9H14IN3O/c1-5(4-14-3)9-12-6(2)7(10)8(11)13-9/h5H,4H2,1-3H3,(H2,11,12,13). The molecule has 0 fully saturated rings. The van der Waals surface area contributed by atoms with Crippen molar-refractivity contribution in [2.75, 3.05) is 19.5 Å². The number of nitrogens with two attached hydrogens (primary N) is 1. The van der Waals surface area contributed by atoms with Crippen LogP contribution in [-0.2, 0) is 4.74 Å². The first kappa shape index (κ1) is 11.6. The highest BCUT2D eigenvalue weighted by Gasteiger charge is 2.12. The van der Waals surface area contributed by atoms with Crippen LogP contribution in [0.25, 0.3) is 0 Å². The molecule has 1 rings (SSSR count). The lowest BCUT2D eigenvalue weighted by Crippen LogP contribution is -2.11. The van der Waals surface area contributed by atoms with Crippen molar-refractivity contribution in [3.8, 4) is 0 Å². The van der Waals surface area contributed by atoms with Gasteiger partial charge in [0.15, 0.2) is 0 Å². The Labute approximate surface area is 97.4 Å². The minimum Gasteiger partial charge on any atom is -0.384 e. The van der Waals surface area contributed by atoms with Crippen molar-refractivity contribution in [1.29, 1.82) is 0 Å². The lowest BCUT2D eigenvalue weighted by molar-refractivity contribution is 0.181. The highest BCUT2D eigenvalue weighted by Crippen LogP contribution is 2.19. The summed E-state index contributed by atoms with van der Waals surface area (Å²) in [7, 11) is 1.67. The molecule has 5 heteroatoms. The molecule has 0 saturated carbocycles. The molecule has 0 amide bonds. The highest BCUT2D eigenvalue weighted by molar-refractivity contribution is 14.1. The summed E-state index contributed by atoms with van der Waals surface area (Å²) in [6, 6.07) is 0. The van der Waals surface area contributed by atoms with E-state index in [-0.39, 0.29) is 5.92 Å². The van der Waals surface area contributed by atoms with Gasteiger partial charge in [0, 0.05) is 13.0 Å². The van der Waals surface area contributed by atoms with E-state index in [4.69, 9.17) is 10.5 Å².